The van der Waals surface area contributed by atoms with Crippen LogP contribution in [0.2, 0.25) is 0 Å². The summed E-state index contributed by atoms with van der Waals surface area (Å²) in [4.78, 5) is 0. The van der Waals surface area contributed by atoms with Crippen LogP contribution in [0, 0.1) is 10.8 Å². The molecule has 1 aromatic rings. The Labute approximate surface area is 80.5 Å². The molecule has 14 heavy (non-hydrogen) atoms. The predicted molar refractivity (Wildman–Crippen MR) is 54.7 cm³/mol. The summed E-state index contributed by atoms with van der Waals surface area (Å²) in [6.07, 6.45) is 0. The minimum Gasteiger partial charge on any atom is -0.299 e. The molecule has 0 aliphatic heterocycles. The average Bonchev–Trinajstić information content (AvgIpc) is 2.18. The summed E-state index contributed by atoms with van der Waals surface area (Å²) < 4.78 is 0. The fourth-order valence-electron chi connectivity index (χ4n) is 1.98. The Morgan fingerprint density at radius 2 is 1.50 bits per heavy atom. The van der Waals surface area contributed by atoms with Crippen LogP contribution in [0.15, 0.2) is 36.4 Å². The number of benzene rings is 2. The van der Waals surface area contributed by atoms with Gasteiger partial charge in [-0.2, -0.15) is 0 Å². The van der Waals surface area contributed by atoms with Gasteiger partial charge in [-0.3, -0.25) is 10.8 Å². The van der Waals surface area contributed by atoms with Crippen molar-refractivity contribution in [3.05, 3.63) is 47.1 Å². The average molecular weight is 180 g/mol. The number of rotatable bonds is 0. The van der Waals surface area contributed by atoms with E-state index in [9.17, 15) is 0 Å². The van der Waals surface area contributed by atoms with Crippen molar-refractivity contribution in [1.29, 1.82) is 10.8 Å². The Morgan fingerprint density at radius 3 is 2.29 bits per heavy atom. The summed E-state index contributed by atoms with van der Waals surface area (Å²) in [7, 11) is 0. The first-order chi connectivity index (χ1) is 6.79. The van der Waals surface area contributed by atoms with Crippen molar-refractivity contribution < 1.29 is 0 Å². The van der Waals surface area contributed by atoms with Crippen LogP contribution in [-0.4, -0.2) is 0 Å². The van der Waals surface area contributed by atoms with E-state index in [0.717, 1.165) is 16.5 Å². The predicted octanol–water partition coefficient (Wildman–Crippen LogP) is 1.78. The minimum absolute atomic E-state index is 0.304. The highest BCUT2D eigenvalue weighted by molar-refractivity contribution is 6.13. The van der Waals surface area contributed by atoms with E-state index in [2.05, 4.69) is 6.07 Å². The Hall–Kier alpha value is -1.96. The SMILES string of the molecule is N=c1ccc2c3ccccc3c-2c1=N. The smallest absolute Gasteiger partial charge is 0.0874 e. The van der Waals surface area contributed by atoms with E-state index in [1.165, 1.54) is 5.39 Å². The van der Waals surface area contributed by atoms with Crippen LogP contribution in [0.3, 0.4) is 0 Å². The maximum Gasteiger partial charge on any atom is 0.0874 e. The van der Waals surface area contributed by atoms with Crippen LogP contribution < -0.4 is 10.7 Å². The molecule has 0 fully saturated rings. The molecule has 2 heteroatoms. The van der Waals surface area contributed by atoms with Crippen molar-refractivity contribution in [3.63, 3.8) is 0 Å². The zero-order chi connectivity index (χ0) is 9.71. The summed E-state index contributed by atoms with van der Waals surface area (Å²) in [5, 5.41) is 18.3. The molecule has 2 nitrogen and oxygen atoms in total. The molecule has 2 aliphatic carbocycles. The first kappa shape index (κ1) is 7.44. The van der Waals surface area contributed by atoms with Crippen LogP contribution >= 0.6 is 0 Å². The molecule has 1 aromatic carbocycles. The molecule has 0 radical (unpaired) electrons. The fraction of sp³-hybridized carbons (Fsp3) is 0. The fourth-order valence-corrected chi connectivity index (χ4v) is 1.98. The molecule has 0 saturated heterocycles. The quantitative estimate of drug-likeness (QED) is 0.530. The van der Waals surface area contributed by atoms with Crippen LogP contribution in [0.1, 0.15) is 0 Å². The molecule has 0 spiro atoms. The van der Waals surface area contributed by atoms with Gasteiger partial charge in [-0.15, -0.1) is 0 Å². The standard InChI is InChI=1S/C12H8N2/c13-10-6-5-9-7-3-1-2-4-8(7)11(9)12(10)14/h1-6,13-14H. The molecule has 0 saturated carbocycles. The second-order valence-corrected chi connectivity index (χ2v) is 3.46. The van der Waals surface area contributed by atoms with Gasteiger partial charge in [-0.1, -0.05) is 30.3 Å². The van der Waals surface area contributed by atoms with E-state index in [-0.39, 0.29) is 0 Å². The zero-order valence-electron chi connectivity index (χ0n) is 7.46. The second-order valence-electron chi connectivity index (χ2n) is 3.46. The molecule has 66 valence electrons. The lowest BCUT2D eigenvalue weighted by Crippen LogP contribution is -2.26. The van der Waals surface area contributed by atoms with Gasteiger partial charge in [0.15, 0.2) is 0 Å². The van der Waals surface area contributed by atoms with Gasteiger partial charge in [-0.25, -0.2) is 0 Å². The number of fused-ring (bicyclic) bond motifs is 4. The third kappa shape index (κ3) is 0.708. The van der Waals surface area contributed by atoms with Gasteiger partial charge in [-0.05, 0) is 22.4 Å². The summed E-state index contributed by atoms with van der Waals surface area (Å²) in [5.41, 5.74) is 2.05. The number of nitrogens with one attached hydrogen (secondary N) is 2. The van der Waals surface area contributed by atoms with E-state index in [1.807, 2.05) is 24.3 Å². The van der Waals surface area contributed by atoms with Gasteiger partial charge in [0.2, 0.25) is 0 Å². The van der Waals surface area contributed by atoms with Gasteiger partial charge in [0.05, 0.1) is 10.7 Å². The first-order valence-electron chi connectivity index (χ1n) is 4.49. The highest BCUT2D eigenvalue weighted by Gasteiger charge is 2.16. The van der Waals surface area contributed by atoms with E-state index in [4.69, 9.17) is 10.8 Å². The Balaban J connectivity index is 2.66. The highest BCUT2D eigenvalue weighted by atomic mass is 14.4. The van der Waals surface area contributed by atoms with Gasteiger partial charge < -0.3 is 0 Å². The van der Waals surface area contributed by atoms with Crippen molar-refractivity contribution in [3.8, 4) is 11.1 Å². The van der Waals surface area contributed by atoms with Crippen molar-refractivity contribution >= 4 is 10.8 Å². The van der Waals surface area contributed by atoms with Crippen LogP contribution in [0.4, 0.5) is 0 Å². The van der Waals surface area contributed by atoms with Crippen molar-refractivity contribution in [2.75, 3.05) is 0 Å². The molecule has 0 atom stereocenters. The molecule has 0 unspecified atom stereocenters. The maximum absolute atomic E-state index is 7.78. The zero-order valence-corrected chi connectivity index (χ0v) is 7.46. The molecule has 2 aliphatic rings. The number of hydrogen-bond donors (Lipinski definition) is 2. The van der Waals surface area contributed by atoms with Gasteiger partial charge in [0, 0.05) is 5.56 Å². The first-order valence-corrected chi connectivity index (χ1v) is 4.49. The molecule has 0 amide bonds. The molecule has 0 bridgehead atoms. The summed E-state index contributed by atoms with van der Waals surface area (Å²) in [6.45, 7) is 0. The van der Waals surface area contributed by atoms with Crippen LogP contribution in [-0.2, 0) is 0 Å². The molecule has 3 rings (SSSR count). The van der Waals surface area contributed by atoms with Crippen molar-refractivity contribution in [2.24, 2.45) is 0 Å². The van der Waals surface area contributed by atoms with E-state index >= 15 is 0 Å². The van der Waals surface area contributed by atoms with Crippen LogP contribution in [0.5, 0.6) is 0 Å². The van der Waals surface area contributed by atoms with E-state index < -0.39 is 0 Å². The van der Waals surface area contributed by atoms with E-state index in [1.54, 1.807) is 6.07 Å². The van der Waals surface area contributed by atoms with Crippen molar-refractivity contribution in [1.82, 2.24) is 0 Å². The topological polar surface area (TPSA) is 47.7 Å². The monoisotopic (exact) mass is 180 g/mol. The van der Waals surface area contributed by atoms with Gasteiger partial charge in [0.1, 0.15) is 0 Å². The lowest BCUT2D eigenvalue weighted by molar-refractivity contribution is 1.14. The third-order valence-corrected chi connectivity index (χ3v) is 2.69. The minimum atomic E-state index is 0.304. The summed E-state index contributed by atoms with van der Waals surface area (Å²) >= 11 is 0. The molecular formula is C12H8N2. The molecule has 0 heterocycles. The molecule has 0 aromatic heterocycles. The Kier molecular flexibility index (Phi) is 1.22. The van der Waals surface area contributed by atoms with Gasteiger partial charge >= 0.3 is 0 Å². The number of hydrogen-bond acceptors (Lipinski definition) is 2. The lowest BCUT2D eigenvalue weighted by Gasteiger charge is -2.16. The highest BCUT2D eigenvalue weighted by Crippen LogP contribution is 2.37. The molecule has 2 N–H and O–H groups in total. The van der Waals surface area contributed by atoms with Crippen molar-refractivity contribution in [2.45, 2.75) is 0 Å². The van der Waals surface area contributed by atoms with Crippen LogP contribution in [0.25, 0.3) is 21.9 Å². The van der Waals surface area contributed by atoms with E-state index in [0.29, 0.717) is 10.7 Å². The van der Waals surface area contributed by atoms with Gasteiger partial charge in [0.25, 0.3) is 0 Å². The summed E-state index contributed by atoms with van der Waals surface area (Å²) in [5.74, 6) is 0. The summed E-state index contributed by atoms with van der Waals surface area (Å²) in [6, 6.07) is 11.7. The third-order valence-electron chi connectivity index (χ3n) is 2.69. The Bertz CT molecular complexity index is 672. The maximum atomic E-state index is 7.78. The Morgan fingerprint density at radius 1 is 0.786 bits per heavy atom. The normalized spacial score (nSPS) is 11.4. The lowest BCUT2D eigenvalue weighted by atomic mass is 9.87. The largest absolute Gasteiger partial charge is 0.299 e. The second kappa shape index (κ2) is 2.29. The molecular weight excluding hydrogens is 172 g/mol.